The number of ether oxygens (including phenoxy) is 1. The number of amides is 1. The molecule has 1 aromatic carbocycles. The Labute approximate surface area is 146 Å². The molecule has 0 unspecified atom stereocenters. The maximum absolute atomic E-state index is 12.8. The lowest BCUT2D eigenvalue weighted by atomic mass is 10.00. The minimum Gasteiger partial charge on any atom is -0.445 e. The quantitative estimate of drug-likeness (QED) is 0.814. The first-order chi connectivity index (χ1) is 11.2. The fraction of sp³-hybridized carbons (Fsp3) is 0.632. The molecule has 0 radical (unpaired) electrons. The Morgan fingerprint density at radius 2 is 1.92 bits per heavy atom. The lowest BCUT2D eigenvalue weighted by molar-refractivity contribution is 0.0496. The second-order valence-corrected chi connectivity index (χ2v) is 13.9. The van der Waals surface area contributed by atoms with E-state index in [9.17, 15) is 9.90 Å². The fourth-order valence-electron chi connectivity index (χ4n) is 3.68. The van der Waals surface area contributed by atoms with E-state index in [1.807, 2.05) is 35.2 Å². The Bertz CT molecular complexity index is 541. The highest BCUT2D eigenvalue weighted by Gasteiger charge is 2.46. The standard InChI is InChI=1S/C19H31NO3Si/c1-14(2)18-17(21)11-16(13-24(3,4)5)20(18)19(22)23-12-15-9-7-6-8-10-15/h6-10,14,16-18,21H,11-13H2,1-5H3/t16-,17-,18-/m0/s1. The van der Waals surface area contributed by atoms with E-state index >= 15 is 0 Å². The Kier molecular flexibility index (Phi) is 6.10. The number of benzene rings is 1. The van der Waals surface area contributed by atoms with Crippen molar-refractivity contribution < 1.29 is 14.6 Å². The van der Waals surface area contributed by atoms with Crippen LogP contribution >= 0.6 is 0 Å². The van der Waals surface area contributed by atoms with Crippen LogP contribution < -0.4 is 0 Å². The summed E-state index contributed by atoms with van der Waals surface area (Å²) in [4.78, 5) is 14.6. The summed E-state index contributed by atoms with van der Waals surface area (Å²) in [6.07, 6.45) is -0.0962. The first-order valence-corrected chi connectivity index (χ1v) is 12.6. The van der Waals surface area contributed by atoms with Gasteiger partial charge in [0.25, 0.3) is 0 Å². The SMILES string of the molecule is CC(C)[C@H]1[C@@H](O)C[C@@H](C[Si](C)(C)C)N1C(=O)OCc1ccccc1. The third kappa shape index (κ3) is 4.83. The van der Waals surface area contributed by atoms with Crippen molar-refractivity contribution in [2.75, 3.05) is 0 Å². The molecular formula is C19H31NO3Si. The zero-order valence-electron chi connectivity index (χ0n) is 15.5. The smallest absolute Gasteiger partial charge is 0.410 e. The Hall–Kier alpha value is -1.33. The molecule has 0 aromatic heterocycles. The number of rotatable bonds is 5. The van der Waals surface area contributed by atoms with Crippen LogP contribution in [0.4, 0.5) is 4.79 Å². The minimum absolute atomic E-state index is 0.0855. The number of hydrogen-bond donors (Lipinski definition) is 1. The summed E-state index contributed by atoms with van der Waals surface area (Å²) >= 11 is 0. The van der Waals surface area contributed by atoms with Crippen LogP contribution in [0.15, 0.2) is 30.3 Å². The zero-order valence-corrected chi connectivity index (χ0v) is 16.5. The van der Waals surface area contributed by atoms with E-state index in [1.54, 1.807) is 0 Å². The number of aliphatic hydroxyl groups excluding tert-OH is 1. The van der Waals surface area contributed by atoms with Crippen molar-refractivity contribution >= 4 is 14.2 Å². The molecule has 1 aliphatic heterocycles. The number of aliphatic hydroxyl groups is 1. The van der Waals surface area contributed by atoms with E-state index in [0.29, 0.717) is 6.42 Å². The molecule has 0 saturated carbocycles. The summed E-state index contributed by atoms with van der Waals surface area (Å²) in [6, 6.07) is 10.6. The summed E-state index contributed by atoms with van der Waals surface area (Å²) in [7, 11) is -1.35. The molecule has 1 amide bonds. The van der Waals surface area contributed by atoms with Crippen LogP contribution in [0.3, 0.4) is 0 Å². The van der Waals surface area contributed by atoms with E-state index < -0.39 is 14.2 Å². The van der Waals surface area contributed by atoms with E-state index in [0.717, 1.165) is 11.6 Å². The van der Waals surface area contributed by atoms with Crippen molar-refractivity contribution in [1.29, 1.82) is 0 Å². The zero-order chi connectivity index (χ0) is 17.9. The highest BCUT2D eigenvalue weighted by atomic mass is 28.3. The maximum Gasteiger partial charge on any atom is 0.410 e. The van der Waals surface area contributed by atoms with E-state index in [-0.39, 0.29) is 30.7 Å². The minimum atomic E-state index is -1.35. The van der Waals surface area contributed by atoms with E-state index in [1.165, 1.54) is 0 Å². The Morgan fingerprint density at radius 3 is 2.46 bits per heavy atom. The van der Waals surface area contributed by atoms with Gasteiger partial charge in [-0.2, -0.15) is 0 Å². The van der Waals surface area contributed by atoms with Crippen LogP contribution in [0.1, 0.15) is 25.8 Å². The van der Waals surface area contributed by atoms with Crippen molar-refractivity contribution in [3.05, 3.63) is 35.9 Å². The van der Waals surface area contributed by atoms with Crippen molar-refractivity contribution in [2.45, 2.75) is 70.7 Å². The number of carbonyl (C=O) groups excluding carboxylic acids is 1. The van der Waals surface area contributed by atoms with Gasteiger partial charge in [-0.1, -0.05) is 63.8 Å². The first-order valence-electron chi connectivity index (χ1n) is 8.86. The molecule has 0 aliphatic carbocycles. The van der Waals surface area contributed by atoms with Crippen molar-refractivity contribution in [2.24, 2.45) is 5.92 Å². The van der Waals surface area contributed by atoms with Crippen molar-refractivity contribution in [3.8, 4) is 0 Å². The topological polar surface area (TPSA) is 49.8 Å². The van der Waals surface area contributed by atoms with Gasteiger partial charge in [-0.25, -0.2) is 4.79 Å². The van der Waals surface area contributed by atoms with Crippen LogP contribution in [0.2, 0.25) is 25.7 Å². The van der Waals surface area contributed by atoms with Crippen molar-refractivity contribution in [1.82, 2.24) is 4.90 Å². The van der Waals surface area contributed by atoms with Crippen LogP contribution in [0, 0.1) is 5.92 Å². The predicted octanol–water partition coefficient (Wildman–Crippen LogP) is 4.12. The molecule has 5 heteroatoms. The van der Waals surface area contributed by atoms with Gasteiger partial charge in [0.2, 0.25) is 0 Å². The normalized spacial score (nSPS) is 24.5. The van der Waals surface area contributed by atoms with E-state index in [2.05, 4.69) is 33.5 Å². The summed E-state index contributed by atoms with van der Waals surface area (Å²) < 4.78 is 5.58. The first kappa shape index (κ1) is 19.0. The molecule has 24 heavy (non-hydrogen) atoms. The Balaban J connectivity index is 2.11. The van der Waals surface area contributed by atoms with Gasteiger partial charge >= 0.3 is 6.09 Å². The lowest BCUT2D eigenvalue weighted by Gasteiger charge is -2.34. The highest BCUT2D eigenvalue weighted by molar-refractivity contribution is 6.76. The summed E-state index contributed by atoms with van der Waals surface area (Å²) in [5.74, 6) is 0.205. The molecule has 134 valence electrons. The highest BCUT2D eigenvalue weighted by Crippen LogP contribution is 2.34. The lowest BCUT2D eigenvalue weighted by Crippen LogP contribution is -2.47. The van der Waals surface area contributed by atoms with E-state index in [4.69, 9.17) is 4.74 Å². The van der Waals surface area contributed by atoms with Gasteiger partial charge in [0.15, 0.2) is 0 Å². The van der Waals surface area contributed by atoms with Gasteiger partial charge in [0.05, 0.1) is 12.1 Å². The molecule has 1 fully saturated rings. The molecule has 1 saturated heterocycles. The largest absolute Gasteiger partial charge is 0.445 e. The average Bonchev–Trinajstić information content (AvgIpc) is 2.80. The third-order valence-electron chi connectivity index (χ3n) is 4.57. The van der Waals surface area contributed by atoms with Crippen LogP contribution in [-0.2, 0) is 11.3 Å². The molecule has 3 atom stereocenters. The second-order valence-electron chi connectivity index (χ2n) is 8.40. The van der Waals surface area contributed by atoms with Crippen LogP contribution in [-0.4, -0.2) is 42.4 Å². The number of carbonyl (C=O) groups is 1. The number of likely N-dealkylation sites (tertiary alicyclic amines) is 1. The molecule has 4 nitrogen and oxygen atoms in total. The van der Waals surface area contributed by atoms with Gasteiger partial charge in [-0.15, -0.1) is 0 Å². The summed E-state index contributed by atoms with van der Waals surface area (Å²) in [5, 5.41) is 10.5. The molecule has 1 aliphatic rings. The molecule has 1 N–H and O–H groups in total. The van der Waals surface area contributed by atoms with Crippen LogP contribution in [0.25, 0.3) is 0 Å². The summed E-state index contributed by atoms with van der Waals surface area (Å²) in [6.45, 7) is 11.3. The molecule has 1 aromatic rings. The van der Waals surface area contributed by atoms with Gasteiger partial charge in [0, 0.05) is 14.1 Å². The molecule has 1 heterocycles. The predicted molar refractivity (Wildman–Crippen MR) is 99.7 cm³/mol. The third-order valence-corrected chi connectivity index (χ3v) is 6.27. The Morgan fingerprint density at radius 1 is 1.29 bits per heavy atom. The maximum atomic E-state index is 12.8. The van der Waals surface area contributed by atoms with Crippen LogP contribution in [0.5, 0.6) is 0 Å². The molecule has 2 rings (SSSR count). The second kappa shape index (κ2) is 7.70. The van der Waals surface area contributed by atoms with Crippen molar-refractivity contribution in [3.63, 3.8) is 0 Å². The molecule has 0 bridgehead atoms. The van der Waals surface area contributed by atoms with Gasteiger partial charge in [-0.05, 0) is 23.9 Å². The average molecular weight is 350 g/mol. The van der Waals surface area contributed by atoms with Gasteiger partial charge < -0.3 is 9.84 Å². The monoisotopic (exact) mass is 349 g/mol. The number of hydrogen-bond acceptors (Lipinski definition) is 3. The number of nitrogens with zero attached hydrogens (tertiary/aromatic N) is 1. The molecular weight excluding hydrogens is 318 g/mol. The van der Waals surface area contributed by atoms with Gasteiger partial charge in [-0.3, -0.25) is 4.90 Å². The fourth-order valence-corrected chi connectivity index (χ4v) is 5.46. The molecule has 0 spiro atoms. The summed E-state index contributed by atoms with van der Waals surface area (Å²) in [5.41, 5.74) is 0.980. The van der Waals surface area contributed by atoms with Gasteiger partial charge in [0.1, 0.15) is 6.61 Å².